The smallest absolute Gasteiger partial charge is 0.130 e. The van der Waals surface area contributed by atoms with Gasteiger partial charge in [0.05, 0.1) is 0 Å². The van der Waals surface area contributed by atoms with Crippen LogP contribution in [0.5, 0.6) is 0 Å². The fraction of sp³-hybridized carbons (Fsp3) is 0.647. The second-order valence-corrected chi connectivity index (χ2v) is 6.35. The van der Waals surface area contributed by atoms with Crippen LogP contribution in [-0.2, 0) is 0 Å². The number of hydrogen-bond acceptors (Lipinski definition) is 1. The number of aryl methyl sites for hydroxylation is 1. The number of benzene rings is 1. The monoisotopic (exact) mass is 279 g/mol. The van der Waals surface area contributed by atoms with Crippen molar-refractivity contribution < 1.29 is 8.78 Å². The second kappa shape index (κ2) is 5.44. The van der Waals surface area contributed by atoms with Crippen molar-refractivity contribution in [3.8, 4) is 0 Å². The third-order valence-electron chi connectivity index (χ3n) is 5.14. The molecule has 3 heteroatoms. The topological polar surface area (TPSA) is 12.0 Å². The van der Waals surface area contributed by atoms with Crippen molar-refractivity contribution in [1.29, 1.82) is 0 Å². The molecule has 0 aliphatic heterocycles. The van der Waals surface area contributed by atoms with Crippen molar-refractivity contribution in [3.63, 3.8) is 0 Å². The molecule has 2 fully saturated rings. The SMILES string of the molecule is CCNC(c1cc(C)c(F)cc1F)C1C2CCCCC21. The molecule has 3 unspecified atom stereocenters. The molecular formula is C17H23F2N. The van der Waals surface area contributed by atoms with Gasteiger partial charge in [-0.3, -0.25) is 0 Å². The molecule has 0 heterocycles. The van der Waals surface area contributed by atoms with Crippen molar-refractivity contribution in [2.75, 3.05) is 6.54 Å². The van der Waals surface area contributed by atoms with E-state index < -0.39 is 11.6 Å². The minimum Gasteiger partial charge on any atom is -0.310 e. The van der Waals surface area contributed by atoms with Gasteiger partial charge in [0.25, 0.3) is 0 Å². The van der Waals surface area contributed by atoms with Crippen molar-refractivity contribution in [2.45, 2.75) is 45.6 Å². The van der Waals surface area contributed by atoms with Gasteiger partial charge in [0.1, 0.15) is 11.6 Å². The van der Waals surface area contributed by atoms with Gasteiger partial charge < -0.3 is 5.32 Å². The Bertz CT molecular complexity index is 488. The summed E-state index contributed by atoms with van der Waals surface area (Å²) >= 11 is 0. The lowest BCUT2D eigenvalue weighted by Crippen LogP contribution is -2.25. The maximum Gasteiger partial charge on any atom is 0.130 e. The van der Waals surface area contributed by atoms with Gasteiger partial charge in [-0.15, -0.1) is 0 Å². The third-order valence-corrected chi connectivity index (χ3v) is 5.14. The molecule has 0 radical (unpaired) electrons. The Morgan fingerprint density at radius 2 is 1.80 bits per heavy atom. The van der Waals surface area contributed by atoms with E-state index in [9.17, 15) is 8.78 Å². The fourth-order valence-corrected chi connectivity index (χ4v) is 4.13. The molecule has 0 bridgehead atoms. The van der Waals surface area contributed by atoms with Crippen molar-refractivity contribution in [1.82, 2.24) is 5.32 Å². The second-order valence-electron chi connectivity index (χ2n) is 6.35. The molecule has 3 atom stereocenters. The molecule has 3 rings (SSSR count). The average Bonchev–Trinajstić information content (AvgIpc) is 3.15. The summed E-state index contributed by atoms with van der Waals surface area (Å²) < 4.78 is 27.7. The largest absolute Gasteiger partial charge is 0.310 e. The van der Waals surface area contributed by atoms with Crippen LogP contribution in [0.1, 0.15) is 49.8 Å². The number of hydrogen-bond donors (Lipinski definition) is 1. The molecule has 20 heavy (non-hydrogen) atoms. The average molecular weight is 279 g/mol. The first-order chi connectivity index (χ1) is 9.63. The first-order valence-electron chi connectivity index (χ1n) is 7.82. The summed E-state index contributed by atoms with van der Waals surface area (Å²) in [5.74, 6) is 1.18. The van der Waals surface area contributed by atoms with Gasteiger partial charge in [-0.2, -0.15) is 0 Å². The minimum atomic E-state index is -0.449. The standard InChI is InChI=1S/C17H23F2N/c1-3-20-17(16-11-6-4-5-7-12(11)16)13-8-10(2)14(18)9-15(13)19/h8-9,11-12,16-17,20H,3-7H2,1-2H3. The summed E-state index contributed by atoms with van der Waals surface area (Å²) in [6.07, 6.45) is 5.17. The molecule has 1 nitrogen and oxygen atoms in total. The van der Waals surface area contributed by atoms with E-state index in [1.807, 2.05) is 6.92 Å². The van der Waals surface area contributed by atoms with E-state index in [0.717, 1.165) is 24.4 Å². The maximum absolute atomic E-state index is 14.2. The van der Waals surface area contributed by atoms with Crippen LogP contribution < -0.4 is 5.32 Å². The zero-order valence-corrected chi connectivity index (χ0v) is 12.3. The highest BCUT2D eigenvalue weighted by Crippen LogP contribution is 2.60. The van der Waals surface area contributed by atoms with Crippen molar-refractivity contribution >= 4 is 0 Å². The number of nitrogens with one attached hydrogen (secondary N) is 1. The highest BCUT2D eigenvalue weighted by Gasteiger charge is 2.54. The molecule has 2 saturated carbocycles. The van der Waals surface area contributed by atoms with Crippen LogP contribution in [-0.4, -0.2) is 6.54 Å². The summed E-state index contributed by atoms with van der Waals surface area (Å²) in [6, 6.07) is 2.79. The minimum absolute atomic E-state index is 0.0485. The molecule has 1 N–H and O–H groups in total. The number of fused-ring (bicyclic) bond motifs is 1. The van der Waals surface area contributed by atoms with E-state index in [-0.39, 0.29) is 6.04 Å². The van der Waals surface area contributed by atoms with Gasteiger partial charge >= 0.3 is 0 Å². The summed E-state index contributed by atoms with van der Waals surface area (Å²) in [4.78, 5) is 0. The first kappa shape index (κ1) is 14.0. The van der Waals surface area contributed by atoms with Crippen LogP contribution in [0.2, 0.25) is 0 Å². The number of halogens is 2. The highest BCUT2D eigenvalue weighted by atomic mass is 19.1. The molecule has 110 valence electrons. The molecular weight excluding hydrogens is 256 g/mol. The summed E-state index contributed by atoms with van der Waals surface area (Å²) in [7, 11) is 0. The molecule has 0 saturated heterocycles. The summed E-state index contributed by atoms with van der Waals surface area (Å²) in [6.45, 7) is 4.57. The highest BCUT2D eigenvalue weighted by molar-refractivity contribution is 5.30. The van der Waals surface area contributed by atoms with Crippen molar-refractivity contribution in [3.05, 3.63) is 34.9 Å². The summed E-state index contributed by atoms with van der Waals surface area (Å²) in [5.41, 5.74) is 1.19. The van der Waals surface area contributed by atoms with E-state index in [0.29, 0.717) is 17.0 Å². The van der Waals surface area contributed by atoms with Crippen LogP contribution in [0.25, 0.3) is 0 Å². The Morgan fingerprint density at radius 3 is 2.40 bits per heavy atom. The molecule has 0 aromatic heterocycles. The molecule has 1 aromatic carbocycles. The van der Waals surface area contributed by atoms with Crippen LogP contribution in [0.4, 0.5) is 8.78 Å². The Labute approximate surface area is 119 Å². The molecule has 2 aliphatic carbocycles. The lowest BCUT2D eigenvalue weighted by molar-refractivity contribution is 0.433. The molecule has 1 aromatic rings. The zero-order valence-electron chi connectivity index (χ0n) is 12.3. The van der Waals surface area contributed by atoms with E-state index in [4.69, 9.17) is 0 Å². The fourth-order valence-electron chi connectivity index (χ4n) is 4.13. The van der Waals surface area contributed by atoms with Gasteiger partial charge in [0.2, 0.25) is 0 Å². The van der Waals surface area contributed by atoms with Crippen LogP contribution in [0, 0.1) is 36.3 Å². The third kappa shape index (κ3) is 2.37. The Kier molecular flexibility index (Phi) is 3.80. The Morgan fingerprint density at radius 1 is 1.15 bits per heavy atom. The Balaban J connectivity index is 1.89. The summed E-state index contributed by atoms with van der Waals surface area (Å²) in [5, 5.41) is 3.44. The van der Waals surface area contributed by atoms with E-state index in [1.165, 1.54) is 25.7 Å². The predicted octanol–water partition coefficient (Wildman–Crippen LogP) is 4.36. The maximum atomic E-state index is 14.2. The van der Waals surface area contributed by atoms with E-state index in [1.54, 1.807) is 13.0 Å². The van der Waals surface area contributed by atoms with Gasteiger partial charge in [0.15, 0.2) is 0 Å². The predicted molar refractivity (Wildman–Crippen MR) is 76.5 cm³/mol. The first-order valence-corrected chi connectivity index (χ1v) is 7.82. The van der Waals surface area contributed by atoms with Gasteiger partial charge in [-0.05, 0) is 55.7 Å². The van der Waals surface area contributed by atoms with E-state index >= 15 is 0 Å². The van der Waals surface area contributed by atoms with Gasteiger partial charge in [0, 0.05) is 17.7 Å². The normalized spacial score (nSPS) is 29.9. The van der Waals surface area contributed by atoms with E-state index in [2.05, 4.69) is 5.32 Å². The lowest BCUT2D eigenvalue weighted by atomic mass is 9.97. The lowest BCUT2D eigenvalue weighted by Gasteiger charge is -2.20. The zero-order chi connectivity index (χ0) is 14.3. The number of rotatable bonds is 4. The van der Waals surface area contributed by atoms with Crippen LogP contribution in [0.3, 0.4) is 0 Å². The van der Waals surface area contributed by atoms with Crippen LogP contribution >= 0.6 is 0 Å². The van der Waals surface area contributed by atoms with Gasteiger partial charge in [-0.25, -0.2) is 8.78 Å². The quantitative estimate of drug-likeness (QED) is 0.863. The van der Waals surface area contributed by atoms with Crippen LogP contribution in [0.15, 0.2) is 12.1 Å². The van der Waals surface area contributed by atoms with Crippen molar-refractivity contribution in [2.24, 2.45) is 17.8 Å². The molecule has 0 spiro atoms. The van der Waals surface area contributed by atoms with Gasteiger partial charge in [-0.1, -0.05) is 19.8 Å². The molecule has 0 amide bonds. The Hall–Kier alpha value is -0.960. The molecule has 2 aliphatic rings.